The largest absolute Gasteiger partial charge is 0.448 e. The van der Waals surface area contributed by atoms with Gasteiger partial charge in [-0.2, -0.15) is 4.31 Å². The molecule has 1 aromatic heterocycles. The minimum Gasteiger partial charge on any atom is -0.448 e. The highest BCUT2D eigenvalue weighted by atomic mass is 32.2. The Kier molecular flexibility index (Phi) is 6.54. The molecule has 0 bridgehead atoms. The lowest BCUT2D eigenvalue weighted by Gasteiger charge is -2.24. The first-order chi connectivity index (χ1) is 14.5. The van der Waals surface area contributed by atoms with Gasteiger partial charge in [0, 0.05) is 24.7 Å². The Labute approximate surface area is 181 Å². The molecular weight excluding hydrogens is 422 g/mol. The number of aryl methyl sites for hydroxylation is 1. The van der Waals surface area contributed by atoms with Crippen LogP contribution in [0, 0.1) is 6.92 Å². The molecule has 168 valence electrons. The summed E-state index contributed by atoms with van der Waals surface area (Å²) in [5.74, 6) is -0.727. The van der Waals surface area contributed by atoms with E-state index in [0.717, 1.165) is 11.6 Å². The zero-order chi connectivity index (χ0) is 22.8. The molecule has 0 saturated carbocycles. The molecule has 9 nitrogen and oxygen atoms in total. The van der Waals surface area contributed by atoms with E-state index in [1.165, 1.54) is 11.2 Å². The van der Waals surface area contributed by atoms with E-state index < -0.39 is 16.0 Å². The summed E-state index contributed by atoms with van der Waals surface area (Å²) in [7, 11) is -3.87. The number of hydrogen-bond acceptors (Lipinski definition) is 7. The number of sulfonamides is 1. The van der Waals surface area contributed by atoms with Gasteiger partial charge in [-0.15, -0.1) is 0 Å². The summed E-state index contributed by atoms with van der Waals surface area (Å²) in [6, 6.07) is 8.60. The monoisotopic (exact) mass is 449 g/mol. The Morgan fingerprint density at radius 2 is 1.77 bits per heavy atom. The minimum absolute atomic E-state index is 0.00498. The van der Waals surface area contributed by atoms with Crippen molar-refractivity contribution >= 4 is 21.8 Å². The molecule has 2 N–H and O–H groups in total. The van der Waals surface area contributed by atoms with Gasteiger partial charge in [0.1, 0.15) is 11.3 Å². The second-order valence-electron chi connectivity index (χ2n) is 8.23. The zero-order valence-electron chi connectivity index (χ0n) is 18.0. The standard InChI is InChI=1S/C21H27N3O6S/c1-14-17(13-18(29-14)31(26,27)24-9-11-28-12-10-24)20(25)30-23-19(22)15-5-7-16(8-6-15)21(2,3)4/h5-8,13H,9-12H2,1-4H3,(H2,22,23). The third kappa shape index (κ3) is 5.15. The van der Waals surface area contributed by atoms with Crippen LogP contribution in [0.1, 0.15) is 48.0 Å². The predicted octanol–water partition coefficient (Wildman–Crippen LogP) is 2.38. The van der Waals surface area contributed by atoms with Gasteiger partial charge in [0.25, 0.3) is 10.0 Å². The Hall–Kier alpha value is -2.69. The Morgan fingerprint density at radius 3 is 2.35 bits per heavy atom. The number of oxime groups is 1. The molecule has 1 aromatic carbocycles. The maximum absolute atomic E-state index is 12.7. The van der Waals surface area contributed by atoms with Crippen LogP contribution >= 0.6 is 0 Å². The number of ether oxygens (including phenoxy) is 1. The van der Waals surface area contributed by atoms with Crippen LogP contribution in [-0.4, -0.2) is 50.8 Å². The Balaban J connectivity index is 1.73. The van der Waals surface area contributed by atoms with Gasteiger partial charge in [0.2, 0.25) is 5.09 Å². The Morgan fingerprint density at radius 1 is 1.16 bits per heavy atom. The van der Waals surface area contributed by atoms with Crippen LogP contribution in [0.4, 0.5) is 0 Å². The number of amidine groups is 1. The number of morpholine rings is 1. The highest BCUT2D eigenvalue weighted by Crippen LogP contribution is 2.24. The summed E-state index contributed by atoms with van der Waals surface area (Å²) >= 11 is 0. The van der Waals surface area contributed by atoms with Crippen molar-refractivity contribution in [2.75, 3.05) is 26.3 Å². The average molecular weight is 450 g/mol. The third-order valence-corrected chi connectivity index (χ3v) is 6.71. The molecule has 0 radical (unpaired) electrons. The van der Waals surface area contributed by atoms with Crippen molar-refractivity contribution in [3.63, 3.8) is 0 Å². The van der Waals surface area contributed by atoms with Crippen molar-refractivity contribution in [2.45, 2.75) is 38.2 Å². The normalized spacial score (nSPS) is 16.3. The predicted molar refractivity (Wildman–Crippen MR) is 114 cm³/mol. The molecule has 2 heterocycles. The fourth-order valence-electron chi connectivity index (χ4n) is 3.03. The van der Waals surface area contributed by atoms with Crippen LogP contribution in [0.3, 0.4) is 0 Å². The molecule has 1 aliphatic rings. The van der Waals surface area contributed by atoms with E-state index in [2.05, 4.69) is 25.9 Å². The molecule has 0 atom stereocenters. The third-order valence-electron chi connectivity index (χ3n) is 4.95. The summed E-state index contributed by atoms with van der Waals surface area (Å²) in [4.78, 5) is 17.4. The number of carbonyl (C=O) groups excluding carboxylic acids is 1. The molecule has 10 heteroatoms. The molecule has 31 heavy (non-hydrogen) atoms. The number of furan rings is 1. The fraction of sp³-hybridized carbons (Fsp3) is 0.429. The summed E-state index contributed by atoms with van der Waals surface area (Å²) < 4.78 is 37.2. The van der Waals surface area contributed by atoms with Gasteiger partial charge in [0.15, 0.2) is 5.84 Å². The average Bonchev–Trinajstić information content (AvgIpc) is 3.14. The molecule has 3 rings (SSSR count). The van der Waals surface area contributed by atoms with E-state index in [9.17, 15) is 13.2 Å². The number of rotatable bonds is 5. The molecule has 0 unspecified atom stereocenters. The lowest BCUT2D eigenvalue weighted by atomic mass is 9.87. The molecule has 1 saturated heterocycles. The van der Waals surface area contributed by atoms with E-state index in [1.54, 1.807) is 12.1 Å². The van der Waals surface area contributed by atoms with Gasteiger partial charge in [-0.1, -0.05) is 50.2 Å². The lowest BCUT2D eigenvalue weighted by Crippen LogP contribution is -2.40. The number of benzene rings is 1. The topological polar surface area (TPSA) is 124 Å². The second-order valence-corrected chi connectivity index (χ2v) is 10.1. The molecule has 0 spiro atoms. The van der Waals surface area contributed by atoms with Crippen molar-refractivity contribution < 1.29 is 27.2 Å². The first kappa shape index (κ1) is 23.0. The van der Waals surface area contributed by atoms with Gasteiger partial charge >= 0.3 is 5.97 Å². The van der Waals surface area contributed by atoms with Crippen LogP contribution in [0.2, 0.25) is 0 Å². The fourth-order valence-corrected chi connectivity index (χ4v) is 4.41. The highest BCUT2D eigenvalue weighted by Gasteiger charge is 2.31. The Bertz CT molecular complexity index is 1080. The van der Waals surface area contributed by atoms with Crippen molar-refractivity contribution in [2.24, 2.45) is 10.9 Å². The van der Waals surface area contributed by atoms with E-state index in [-0.39, 0.29) is 40.8 Å². The zero-order valence-corrected chi connectivity index (χ0v) is 18.9. The second kappa shape index (κ2) is 8.81. The maximum Gasteiger partial charge on any atom is 0.369 e. The lowest BCUT2D eigenvalue weighted by molar-refractivity contribution is 0.0514. The van der Waals surface area contributed by atoms with Crippen LogP contribution < -0.4 is 5.73 Å². The van der Waals surface area contributed by atoms with Crippen LogP contribution in [0.15, 0.2) is 45.0 Å². The minimum atomic E-state index is -3.87. The van der Waals surface area contributed by atoms with E-state index in [0.29, 0.717) is 18.8 Å². The van der Waals surface area contributed by atoms with E-state index >= 15 is 0 Å². The molecule has 0 aliphatic carbocycles. The summed E-state index contributed by atoms with van der Waals surface area (Å²) in [6.07, 6.45) is 0. The highest BCUT2D eigenvalue weighted by molar-refractivity contribution is 7.89. The first-order valence-corrected chi connectivity index (χ1v) is 11.3. The van der Waals surface area contributed by atoms with Crippen molar-refractivity contribution in [3.8, 4) is 0 Å². The molecule has 1 fully saturated rings. The van der Waals surface area contributed by atoms with Gasteiger partial charge in [-0.25, -0.2) is 13.2 Å². The van der Waals surface area contributed by atoms with Crippen LogP contribution in [0.5, 0.6) is 0 Å². The van der Waals surface area contributed by atoms with Crippen LogP contribution in [-0.2, 0) is 25.0 Å². The van der Waals surface area contributed by atoms with Crippen LogP contribution in [0.25, 0.3) is 0 Å². The van der Waals surface area contributed by atoms with E-state index in [4.69, 9.17) is 19.7 Å². The van der Waals surface area contributed by atoms with Crippen molar-refractivity contribution in [3.05, 3.63) is 52.8 Å². The van der Waals surface area contributed by atoms with Gasteiger partial charge in [0.05, 0.1) is 13.2 Å². The quantitative estimate of drug-likeness (QED) is 0.322. The molecule has 2 aromatic rings. The first-order valence-electron chi connectivity index (χ1n) is 9.84. The number of hydrogen-bond donors (Lipinski definition) is 1. The number of nitrogens with zero attached hydrogens (tertiary/aromatic N) is 2. The summed E-state index contributed by atoms with van der Waals surface area (Å²) in [5, 5.41) is 3.37. The molecule has 1 aliphatic heterocycles. The van der Waals surface area contributed by atoms with Gasteiger partial charge < -0.3 is 19.7 Å². The SMILES string of the molecule is Cc1oc(S(=O)(=O)N2CCOCC2)cc1C(=O)O/N=C(/N)c1ccc(C(C)(C)C)cc1. The molecular formula is C21H27N3O6S. The maximum atomic E-state index is 12.7. The van der Waals surface area contributed by atoms with Crippen molar-refractivity contribution in [1.82, 2.24) is 4.31 Å². The van der Waals surface area contributed by atoms with Crippen molar-refractivity contribution in [1.29, 1.82) is 0 Å². The van der Waals surface area contributed by atoms with Gasteiger partial charge in [-0.05, 0) is 17.9 Å². The number of nitrogens with two attached hydrogens (primary N) is 1. The number of carbonyl (C=O) groups is 1. The van der Waals surface area contributed by atoms with E-state index in [1.807, 2.05) is 12.1 Å². The summed E-state index contributed by atoms with van der Waals surface area (Å²) in [6.45, 7) is 8.82. The molecule has 0 amide bonds. The van der Waals surface area contributed by atoms with Gasteiger partial charge in [-0.3, -0.25) is 0 Å². The smallest absolute Gasteiger partial charge is 0.369 e. The summed E-state index contributed by atoms with van der Waals surface area (Å²) in [5.41, 5.74) is 7.61.